The summed E-state index contributed by atoms with van der Waals surface area (Å²) in [4.78, 5) is 43.4. The van der Waals surface area contributed by atoms with E-state index in [-0.39, 0.29) is 43.2 Å². The van der Waals surface area contributed by atoms with Crippen molar-refractivity contribution in [3.63, 3.8) is 0 Å². The quantitative estimate of drug-likeness (QED) is 0.415. The first kappa shape index (κ1) is 28.5. The van der Waals surface area contributed by atoms with Gasteiger partial charge in [-0.1, -0.05) is 35.3 Å². The van der Waals surface area contributed by atoms with Gasteiger partial charge in [-0.3, -0.25) is 9.59 Å². The molecule has 0 N–H and O–H groups in total. The molecule has 2 atom stereocenters. The molecule has 0 aromatic heterocycles. The lowest BCUT2D eigenvalue weighted by atomic mass is 9.93. The predicted molar refractivity (Wildman–Crippen MR) is 136 cm³/mol. The summed E-state index contributed by atoms with van der Waals surface area (Å²) in [6.45, 7) is 1.25. The summed E-state index contributed by atoms with van der Waals surface area (Å²) >= 11 is 12.3. The van der Waals surface area contributed by atoms with Crippen molar-refractivity contribution in [1.29, 1.82) is 0 Å². The van der Waals surface area contributed by atoms with Crippen LogP contribution in [0.2, 0.25) is 10.0 Å². The number of likely N-dealkylation sites (tertiary alicyclic amines) is 2. The highest BCUT2D eigenvalue weighted by Gasteiger charge is 2.43. The Kier molecular flexibility index (Phi) is 8.82. The molecule has 208 valence electrons. The van der Waals surface area contributed by atoms with Crippen LogP contribution in [0.5, 0.6) is 0 Å². The number of allylic oxidation sites excluding steroid dienone is 1. The number of ether oxygens (including phenoxy) is 1. The van der Waals surface area contributed by atoms with Crippen molar-refractivity contribution >= 4 is 41.1 Å². The molecule has 0 saturated carbocycles. The molecule has 2 heterocycles. The first-order valence-corrected chi connectivity index (χ1v) is 13.4. The number of piperidine rings is 1. The second-order valence-electron chi connectivity index (χ2n) is 10.0. The van der Waals surface area contributed by atoms with Crippen LogP contribution in [0.15, 0.2) is 29.8 Å². The van der Waals surface area contributed by atoms with Crippen LogP contribution in [0.3, 0.4) is 0 Å². The molecule has 0 unspecified atom stereocenters. The predicted octanol–water partition coefficient (Wildman–Crippen LogP) is 5.27. The molecule has 2 fully saturated rings. The van der Waals surface area contributed by atoms with Gasteiger partial charge >= 0.3 is 12.3 Å². The molecule has 2 saturated heterocycles. The van der Waals surface area contributed by atoms with Crippen LogP contribution in [0.4, 0.5) is 18.0 Å². The number of alkyl halides is 3. The highest BCUT2D eigenvalue weighted by atomic mass is 35.5. The van der Waals surface area contributed by atoms with E-state index in [1.165, 1.54) is 11.9 Å². The maximum absolute atomic E-state index is 13.5. The molecule has 0 radical (unpaired) electrons. The first-order chi connectivity index (χ1) is 17.9. The Morgan fingerprint density at radius 1 is 1.08 bits per heavy atom. The number of carbonyl (C=O) groups excluding carboxylic acids is 3. The number of carbonyl (C=O) groups is 3. The number of hydrogen-bond donors (Lipinski definition) is 0. The van der Waals surface area contributed by atoms with Crippen molar-refractivity contribution in [3.05, 3.63) is 45.5 Å². The van der Waals surface area contributed by atoms with Gasteiger partial charge in [-0.15, -0.1) is 0 Å². The molecule has 3 aliphatic rings. The number of rotatable bonds is 7. The normalized spacial score (nSPS) is 21.8. The van der Waals surface area contributed by atoms with E-state index in [1.54, 1.807) is 28.0 Å². The first-order valence-electron chi connectivity index (χ1n) is 12.6. The number of halogens is 5. The van der Waals surface area contributed by atoms with Crippen LogP contribution in [-0.4, -0.2) is 84.7 Å². The Balaban J connectivity index is 1.42. The molecule has 3 amide bonds. The van der Waals surface area contributed by atoms with Gasteiger partial charge in [0.05, 0.1) is 22.7 Å². The summed E-state index contributed by atoms with van der Waals surface area (Å²) in [5, 5.41) is 0.714. The summed E-state index contributed by atoms with van der Waals surface area (Å²) in [5.74, 6) is -0.528. The lowest BCUT2D eigenvalue weighted by Crippen LogP contribution is -2.45. The third kappa shape index (κ3) is 6.94. The van der Waals surface area contributed by atoms with Gasteiger partial charge in [0.25, 0.3) is 0 Å². The fourth-order valence-electron chi connectivity index (χ4n) is 5.12. The van der Waals surface area contributed by atoms with Crippen molar-refractivity contribution in [1.82, 2.24) is 14.7 Å². The van der Waals surface area contributed by atoms with Crippen LogP contribution in [0, 0.1) is 5.92 Å². The summed E-state index contributed by atoms with van der Waals surface area (Å²) in [6.07, 6.45) is -2.68. The standard InChI is InChI=1S/C26H30Cl2F3N3O4/c1-32(25(37)38-12-2-9-26(29,30)31)22-15-34(14-19(22)18-5-6-20(27)21(28)13-18)24(36)17-7-10-33(11-8-17)23(35)16-3-4-16/h3,5-6,13,17,19,22H,2,4,7-12,14-15H2,1H3/t19-,22+/m1/s1. The van der Waals surface area contributed by atoms with Crippen LogP contribution in [0.1, 0.15) is 43.6 Å². The zero-order valence-corrected chi connectivity index (χ0v) is 22.5. The van der Waals surface area contributed by atoms with Gasteiger partial charge in [0.15, 0.2) is 0 Å². The van der Waals surface area contributed by atoms with E-state index in [2.05, 4.69) is 0 Å². The molecular formula is C26H30Cl2F3N3O4. The van der Waals surface area contributed by atoms with E-state index < -0.39 is 24.7 Å². The van der Waals surface area contributed by atoms with Crippen LogP contribution in [0.25, 0.3) is 0 Å². The lowest BCUT2D eigenvalue weighted by molar-refractivity contribution is -0.138. The minimum atomic E-state index is -4.32. The number of amides is 3. The average molecular weight is 576 g/mol. The number of likely N-dealkylation sites (N-methyl/N-ethyl adjacent to an activating group) is 1. The van der Waals surface area contributed by atoms with Crippen molar-refractivity contribution in [2.75, 3.05) is 39.8 Å². The summed E-state index contributed by atoms with van der Waals surface area (Å²) < 4.78 is 42.4. The minimum Gasteiger partial charge on any atom is -0.449 e. The Morgan fingerprint density at radius 2 is 1.76 bits per heavy atom. The fraction of sp³-hybridized carbons (Fsp3) is 0.577. The van der Waals surface area contributed by atoms with Gasteiger partial charge in [0, 0.05) is 57.1 Å². The summed E-state index contributed by atoms with van der Waals surface area (Å²) in [7, 11) is 1.52. The second kappa shape index (κ2) is 11.7. The second-order valence-corrected chi connectivity index (χ2v) is 10.8. The van der Waals surface area contributed by atoms with E-state index in [1.807, 2.05) is 6.08 Å². The maximum atomic E-state index is 13.5. The van der Waals surface area contributed by atoms with Crippen LogP contribution in [-0.2, 0) is 14.3 Å². The lowest BCUT2D eigenvalue weighted by Gasteiger charge is -2.33. The van der Waals surface area contributed by atoms with Gasteiger partial charge in [-0.2, -0.15) is 13.2 Å². The highest BCUT2D eigenvalue weighted by Crippen LogP contribution is 2.36. The number of benzene rings is 1. The van der Waals surface area contributed by atoms with Crippen molar-refractivity contribution in [3.8, 4) is 0 Å². The largest absolute Gasteiger partial charge is 0.449 e. The number of hydrogen-bond acceptors (Lipinski definition) is 4. The molecular weight excluding hydrogens is 546 g/mol. The molecule has 4 rings (SSSR count). The minimum absolute atomic E-state index is 0.0396. The summed E-state index contributed by atoms with van der Waals surface area (Å²) in [6, 6.07) is 4.67. The van der Waals surface area contributed by atoms with Gasteiger partial charge < -0.3 is 19.4 Å². The molecule has 38 heavy (non-hydrogen) atoms. The topological polar surface area (TPSA) is 70.2 Å². The Labute approximate surface area is 229 Å². The van der Waals surface area contributed by atoms with Crippen LogP contribution < -0.4 is 0 Å². The molecule has 12 heteroatoms. The smallest absolute Gasteiger partial charge is 0.409 e. The monoisotopic (exact) mass is 575 g/mol. The SMILES string of the molecule is CN(C(=O)OCCCC(F)(F)F)[C@H]1CN(C(=O)C2CCN(C(=O)C3=CC3)CC2)C[C@@H]1c1ccc(Cl)c(Cl)c1. The number of nitrogens with zero attached hydrogens (tertiary/aromatic N) is 3. The summed E-state index contributed by atoms with van der Waals surface area (Å²) in [5.41, 5.74) is 1.62. The molecule has 1 aliphatic carbocycles. The van der Waals surface area contributed by atoms with Gasteiger partial charge in [-0.25, -0.2) is 4.79 Å². The van der Waals surface area contributed by atoms with E-state index in [9.17, 15) is 27.6 Å². The van der Waals surface area contributed by atoms with Gasteiger partial charge in [0.2, 0.25) is 11.8 Å². The maximum Gasteiger partial charge on any atom is 0.409 e. The molecule has 2 aliphatic heterocycles. The van der Waals surface area contributed by atoms with Gasteiger partial charge in [-0.05, 0) is 43.4 Å². The zero-order valence-electron chi connectivity index (χ0n) is 21.0. The molecule has 7 nitrogen and oxygen atoms in total. The van der Waals surface area contributed by atoms with E-state index in [4.69, 9.17) is 27.9 Å². The van der Waals surface area contributed by atoms with Crippen molar-refractivity contribution < 1.29 is 32.3 Å². The van der Waals surface area contributed by atoms with Crippen molar-refractivity contribution in [2.24, 2.45) is 5.92 Å². The molecule has 0 bridgehead atoms. The average Bonchev–Trinajstić information content (AvgIpc) is 3.64. The zero-order chi connectivity index (χ0) is 27.6. The molecule has 1 aromatic rings. The highest BCUT2D eigenvalue weighted by molar-refractivity contribution is 6.42. The Hall–Kier alpha value is -2.46. The van der Waals surface area contributed by atoms with E-state index in [0.717, 1.165) is 17.6 Å². The van der Waals surface area contributed by atoms with E-state index >= 15 is 0 Å². The van der Waals surface area contributed by atoms with Gasteiger partial charge in [0.1, 0.15) is 0 Å². The molecule has 0 spiro atoms. The van der Waals surface area contributed by atoms with E-state index in [0.29, 0.717) is 42.5 Å². The Morgan fingerprint density at radius 3 is 2.37 bits per heavy atom. The third-order valence-electron chi connectivity index (χ3n) is 7.40. The Bertz CT molecular complexity index is 1110. The fourth-order valence-corrected chi connectivity index (χ4v) is 5.42. The van der Waals surface area contributed by atoms with Crippen molar-refractivity contribution in [2.45, 2.75) is 50.2 Å². The molecule has 1 aromatic carbocycles. The van der Waals surface area contributed by atoms with Crippen LogP contribution >= 0.6 is 23.2 Å². The third-order valence-corrected chi connectivity index (χ3v) is 8.14.